The van der Waals surface area contributed by atoms with Crippen molar-refractivity contribution in [1.82, 2.24) is 0 Å². The molecular formula is C14H17NO5. The number of hydrogen-bond donors (Lipinski definition) is 1. The van der Waals surface area contributed by atoms with Crippen molar-refractivity contribution < 1.29 is 19.6 Å². The van der Waals surface area contributed by atoms with E-state index in [0.717, 1.165) is 18.4 Å². The number of carbonyl (C=O) groups is 1. The molecule has 1 aromatic carbocycles. The van der Waals surface area contributed by atoms with E-state index in [1.807, 2.05) is 6.07 Å². The first-order chi connectivity index (χ1) is 9.33. The molecule has 0 unspecified atom stereocenters. The average molecular weight is 279 g/mol. The first kappa shape index (κ1) is 14.3. The van der Waals surface area contributed by atoms with Gasteiger partial charge in [0.05, 0.1) is 18.0 Å². The number of benzene rings is 1. The lowest BCUT2D eigenvalue weighted by Crippen LogP contribution is -2.18. The van der Waals surface area contributed by atoms with Gasteiger partial charge in [-0.25, -0.2) is 0 Å². The zero-order valence-electron chi connectivity index (χ0n) is 11.5. The van der Waals surface area contributed by atoms with Crippen LogP contribution in [0, 0.1) is 29.4 Å². The summed E-state index contributed by atoms with van der Waals surface area (Å²) in [4.78, 5) is 21.4. The van der Waals surface area contributed by atoms with Crippen LogP contribution in [0.15, 0.2) is 12.1 Å². The number of nitro groups is 1. The third-order valence-corrected chi connectivity index (χ3v) is 3.60. The highest BCUT2D eigenvalue weighted by Crippen LogP contribution is 2.49. The highest BCUT2D eigenvalue weighted by molar-refractivity contribution is 5.68. The summed E-state index contributed by atoms with van der Waals surface area (Å²) in [5.74, 6) is -0.613. The Labute approximate surface area is 116 Å². The third-order valence-electron chi connectivity index (χ3n) is 3.60. The molecule has 0 radical (unpaired) electrons. The number of aryl methyl sites for hydroxylation is 2. The van der Waals surface area contributed by atoms with Crippen LogP contribution in [0.5, 0.6) is 5.75 Å². The Kier molecular flexibility index (Phi) is 3.65. The Morgan fingerprint density at radius 3 is 2.60 bits per heavy atom. The second kappa shape index (κ2) is 5.11. The Bertz CT molecular complexity index is 563. The van der Waals surface area contributed by atoms with E-state index in [2.05, 4.69) is 0 Å². The van der Waals surface area contributed by atoms with Crippen molar-refractivity contribution in [2.24, 2.45) is 5.41 Å². The molecule has 0 aliphatic heterocycles. The van der Waals surface area contributed by atoms with Crippen LogP contribution in [0.25, 0.3) is 0 Å². The largest absolute Gasteiger partial charge is 0.486 e. The second-order valence-electron chi connectivity index (χ2n) is 5.55. The van der Waals surface area contributed by atoms with Crippen molar-refractivity contribution in [2.45, 2.75) is 33.1 Å². The Balaban J connectivity index is 2.17. The normalized spacial score (nSPS) is 15.7. The minimum Gasteiger partial charge on any atom is -0.486 e. The number of ether oxygens (including phenoxy) is 1. The van der Waals surface area contributed by atoms with E-state index in [0.29, 0.717) is 5.56 Å². The third kappa shape index (κ3) is 3.07. The van der Waals surface area contributed by atoms with Gasteiger partial charge in [-0.3, -0.25) is 14.9 Å². The average Bonchev–Trinajstić information content (AvgIpc) is 3.06. The van der Waals surface area contributed by atoms with Gasteiger partial charge in [0.25, 0.3) is 0 Å². The fourth-order valence-electron chi connectivity index (χ4n) is 2.35. The topological polar surface area (TPSA) is 89.7 Å². The molecule has 1 fully saturated rings. The maximum atomic E-state index is 11.1. The van der Waals surface area contributed by atoms with Crippen molar-refractivity contribution in [3.63, 3.8) is 0 Å². The van der Waals surface area contributed by atoms with Gasteiger partial charge in [-0.1, -0.05) is 6.07 Å². The summed E-state index contributed by atoms with van der Waals surface area (Å²) < 4.78 is 5.61. The summed E-state index contributed by atoms with van der Waals surface area (Å²) in [6.07, 6.45) is 1.63. The zero-order valence-corrected chi connectivity index (χ0v) is 11.5. The van der Waals surface area contributed by atoms with Crippen LogP contribution in [0.4, 0.5) is 5.69 Å². The van der Waals surface area contributed by atoms with Crippen LogP contribution in [0.1, 0.15) is 30.4 Å². The highest BCUT2D eigenvalue weighted by atomic mass is 16.6. The standard InChI is InChI=1S/C14H17NO5/c1-9-5-10(2)13(11(6-9)15(18)19)20-8-14(3-4-14)7-12(16)17/h5-6H,3-4,7-8H2,1-2H3,(H,16,17). The molecule has 20 heavy (non-hydrogen) atoms. The van der Waals surface area contributed by atoms with Crippen LogP contribution in [0.2, 0.25) is 0 Å². The van der Waals surface area contributed by atoms with E-state index in [1.54, 1.807) is 13.8 Å². The molecule has 1 saturated carbocycles. The van der Waals surface area contributed by atoms with Crippen LogP contribution in [0.3, 0.4) is 0 Å². The van der Waals surface area contributed by atoms with Gasteiger partial charge in [-0.15, -0.1) is 0 Å². The van der Waals surface area contributed by atoms with E-state index in [4.69, 9.17) is 9.84 Å². The molecule has 1 aromatic rings. The maximum Gasteiger partial charge on any atom is 0.311 e. The molecule has 6 nitrogen and oxygen atoms in total. The van der Waals surface area contributed by atoms with Gasteiger partial charge >= 0.3 is 11.7 Å². The van der Waals surface area contributed by atoms with Gasteiger partial charge in [0, 0.05) is 11.5 Å². The number of nitrogens with zero attached hydrogens (tertiary/aromatic N) is 1. The molecule has 0 atom stereocenters. The fraction of sp³-hybridized carbons (Fsp3) is 0.500. The van der Waals surface area contributed by atoms with E-state index in [9.17, 15) is 14.9 Å². The molecule has 2 rings (SSSR count). The molecule has 1 N–H and O–H groups in total. The Hall–Kier alpha value is -2.11. The quantitative estimate of drug-likeness (QED) is 0.638. The Morgan fingerprint density at radius 2 is 2.10 bits per heavy atom. The van der Waals surface area contributed by atoms with Gasteiger partial charge in [-0.2, -0.15) is 0 Å². The molecule has 0 aromatic heterocycles. The highest BCUT2D eigenvalue weighted by Gasteiger charge is 2.45. The van der Waals surface area contributed by atoms with Crippen molar-refractivity contribution in [1.29, 1.82) is 0 Å². The number of carboxylic acids is 1. The SMILES string of the molecule is Cc1cc(C)c(OCC2(CC(=O)O)CC2)c([N+](=O)[O-])c1. The molecule has 0 spiro atoms. The molecule has 0 amide bonds. The monoisotopic (exact) mass is 279 g/mol. The van der Waals surface area contributed by atoms with Crippen LogP contribution in [-0.2, 0) is 4.79 Å². The van der Waals surface area contributed by atoms with Gasteiger partial charge in [-0.05, 0) is 37.8 Å². The van der Waals surface area contributed by atoms with Crippen molar-refractivity contribution >= 4 is 11.7 Å². The van der Waals surface area contributed by atoms with Crippen molar-refractivity contribution in [2.75, 3.05) is 6.61 Å². The summed E-state index contributed by atoms with van der Waals surface area (Å²) >= 11 is 0. The number of hydrogen-bond acceptors (Lipinski definition) is 4. The summed E-state index contributed by atoms with van der Waals surface area (Å²) in [5, 5.41) is 19.9. The predicted molar refractivity (Wildman–Crippen MR) is 72.0 cm³/mol. The molecule has 0 bridgehead atoms. The lowest BCUT2D eigenvalue weighted by atomic mass is 10.0. The van der Waals surface area contributed by atoms with E-state index >= 15 is 0 Å². The van der Waals surface area contributed by atoms with Crippen LogP contribution < -0.4 is 4.74 Å². The summed E-state index contributed by atoms with van der Waals surface area (Å²) in [5.41, 5.74) is 1.08. The molecule has 6 heteroatoms. The number of nitro benzene ring substituents is 1. The molecular weight excluding hydrogens is 262 g/mol. The van der Waals surface area contributed by atoms with E-state index in [1.165, 1.54) is 6.07 Å². The summed E-state index contributed by atoms with van der Waals surface area (Å²) in [7, 11) is 0. The molecule has 0 heterocycles. The van der Waals surface area contributed by atoms with E-state index in [-0.39, 0.29) is 29.9 Å². The first-order valence-corrected chi connectivity index (χ1v) is 6.43. The lowest BCUT2D eigenvalue weighted by molar-refractivity contribution is -0.386. The van der Waals surface area contributed by atoms with Crippen molar-refractivity contribution in [3.8, 4) is 5.75 Å². The lowest BCUT2D eigenvalue weighted by Gasteiger charge is -2.15. The Morgan fingerprint density at radius 1 is 1.45 bits per heavy atom. The van der Waals surface area contributed by atoms with Gasteiger partial charge in [0.2, 0.25) is 0 Å². The maximum absolute atomic E-state index is 11.1. The smallest absolute Gasteiger partial charge is 0.311 e. The minimum atomic E-state index is -0.860. The number of aliphatic carboxylic acids is 1. The van der Waals surface area contributed by atoms with E-state index < -0.39 is 10.9 Å². The molecule has 1 aliphatic rings. The number of rotatable bonds is 6. The molecule has 108 valence electrons. The minimum absolute atomic E-state index is 0.0473. The number of carboxylic acid groups (broad SMARTS) is 1. The second-order valence-corrected chi connectivity index (χ2v) is 5.55. The van der Waals surface area contributed by atoms with Gasteiger partial charge in [0.1, 0.15) is 0 Å². The van der Waals surface area contributed by atoms with Crippen molar-refractivity contribution in [3.05, 3.63) is 33.4 Å². The first-order valence-electron chi connectivity index (χ1n) is 6.43. The zero-order chi connectivity index (χ0) is 14.9. The summed E-state index contributed by atoms with van der Waals surface area (Å²) in [6.45, 7) is 3.76. The molecule has 0 saturated heterocycles. The van der Waals surface area contributed by atoms with Gasteiger partial charge < -0.3 is 9.84 Å². The van der Waals surface area contributed by atoms with Crippen LogP contribution in [-0.4, -0.2) is 22.6 Å². The summed E-state index contributed by atoms with van der Waals surface area (Å²) in [6, 6.07) is 3.29. The van der Waals surface area contributed by atoms with Gasteiger partial charge in [0.15, 0.2) is 5.75 Å². The van der Waals surface area contributed by atoms with Crippen LogP contribution >= 0.6 is 0 Å². The predicted octanol–water partition coefficient (Wildman–Crippen LogP) is 2.85. The fourth-order valence-corrected chi connectivity index (χ4v) is 2.35. The molecule has 1 aliphatic carbocycles.